The van der Waals surface area contributed by atoms with Crippen LogP contribution in [0.4, 0.5) is 0 Å². The molecule has 0 spiro atoms. The van der Waals surface area contributed by atoms with Crippen molar-refractivity contribution in [2.45, 2.75) is 58.8 Å². The van der Waals surface area contributed by atoms with Crippen LogP contribution in [0, 0.1) is 0 Å². The summed E-state index contributed by atoms with van der Waals surface area (Å²) in [7, 11) is 0. The van der Waals surface area contributed by atoms with Crippen LogP contribution < -0.4 is 0 Å². The maximum absolute atomic E-state index is 10.2. The van der Waals surface area contributed by atoms with Gasteiger partial charge in [-0.1, -0.05) is 45.1 Å². The van der Waals surface area contributed by atoms with Crippen molar-refractivity contribution in [1.29, 1.82) is 0 Å². The molecule has 0 rings (SSSR count). The first-order valence-corrected chi connectivity index (χ1v) is 5.48. The molecule has 0 aliphatic rings. The van der Waals surface area contributed by atoms with Crippen molar-refractivity contribution in [3.63, 3.8) is 0 Å². The van der Waals surface area contributed by atoms with E-state index < -0.39 is 0 Å². The molecule has 76 valence electrons. The van der Waals surface area contributed by atoms with E-state index in [4.69, 9.17) is 0 Å². The number of hydrogen-bond donors (Lipinski definition) is 0. The molecule has 0 radical (unpaired) electrons. The molecular formula is C12H22O. The molecule has 1 heteroatoms. The van der Waals surface area contributed by atoms with Gasteiger partial charge in [0.15, 0.2) is 0 Å². The van der Waals surface area contributed by atoms with Gasteiger partial charge in [-0.05, 0) is 25.3 Å². The van der Waals surface area contributed by atoms with Crippen LogP contribution in [0.1, 0.15) is 58.8 Å². The van der Waals surface area contributed by atoms with Crippen LogP contribution in [0.25, 0.3) is 0 Å². The van der Waals surface area contributed by atoms with Gasteiger partial charge < -0.3 is 0 Å². The van der Waals surface area contributed by atoms with E-state index in [1.54, 1.807) is 6.08 Å². The second-order valence-electron chi connectivity index (χ2n) is 3.48. The van der Waals surface area contributed by atoms with Gasteiger partial charge in [-0.25, -0.2) is 0 Å². The summed E-state index contributed by atoms with van der Waals surface area (Å²) < 4.78 is 0. The fourth-order valence-electron chi connectivity index (χ4n) is 1.43. The zero-order valence-corrected chi connectivity index (χ0v) is 9.01. The Balaban J connectivity index is 3.38. The first kappa shape index (κ1) is 12.4. The lowest BCUT2D eigenvalue weighted by molar-refractivity contribution is -0.104. The van der Waals surface area contributed by atoms with E-state index in [1.165, 1.54) is 37.7 Å². The second-order valence-corrected chi connectivity index (χ2v) is 3.48. The summed E-state index contributed by atoms with van der Waals surface area (Å²) in [5.41, 5.74) is 1.30. The molecule has 0 atom stereocenters. The van der Waals surface area contributed by atoms with Gasteiger partial charge in [0.1, 0.15) is 6.29 Å². The number of aldehydes is 1. The van der Waals surface area contributed by atoms with E-state index >= 15 is 0 Å². The molecule has 0 heterocycles. The summed E-state index contributed by atoms with van der Waals surface area (Å²) in [6.07, 6.45) is 11.3. The summed E-state index contributed by atoms with van der Waals surface area (Å²) >= 11 is 0. The summed E-state index contributed by atoms with van der Waals surface area (Å²) in [6, 6.07) is 0. The van der Waals surface area contributed by atoms with Gasteiger partial charge >= 0.3 is 0 Å². The molecule has 0 aromatic heterocycles. The lowest BCUT2D eigenvalue weighted by atomic mass is 10.0. The number of carbonyl (C=O) groups excluding carboxylic acids is 1. The van der Waals surface area contributed by atoms with E-state index in [-0.39, 0.29) is 0 Å². The van der Waals surface area contributed by atoms with Crippen LogP contribution in [0.3, 0.4) is 0 Å². The molecule has 0 fully saturated rings. The van der Waals surface area contributed by atoms with Crippen LogP contribution in [-0.2, 0) is 4.79 Å². The summed E-state index contributed by atoms with van der Waals surface area (Å²) in [5.74, 6) is 0. The third-order valence-corrected chi connectivity index (χ3v) is 2.36. The highest BCUT2D eigenvalue weighted by Crippen LogP contribution is 2.12. The minimum Gasteiger partial charge on any atom is -0.299 e. The molecule has 1 nitrogen and oxygen atoms in total. The molecule has 0 unspecified atom stereocenters. The van der Waals surface area contributed by atoms with E-state index in [1.807, 2.05) is 0 Å². The molecule has 0 aromatic rings. The zero-order valence-electron chi connectivity index (χ0n) is 9.01. The van der Waals surface area contributed by atoms with Gasteiger partial charge in [-0.3, -0.25) is 4.79 Å². The molecular weight excluding hydrogens is 160 g/mol. The fraction of sp³-hybridized carbons (Fsp3) is 0.750. The Morgan fingerprint density at radius 2 is 1.77 bits per heavy atom. The van der Waals surface area contributed by atoms with E-state index in [9.17, 15) is 4.79 Å². The number of rotatable bonds is 8. The predicted octanol–water partition coefficient (Wildman–Crippen LogP) is 3.88. The molecule has 0 saturated carbocycles. The van der Waals surface area contributed by atoms with Crippen molar-refractivity contribution >= 4 is 6.29 Å². The molecule has 0 saturated heterocycles. The van der Waals surface area contributed by atoms with Crippen molar-refractivity contribution in [2.75, 3.05) is 0 Å². The van der Waals surface area contributed by atoms with Gasteiger partial charge in [-0.2, -0.15) is 0 Å². The van der Waals surface area contributed by atoms with Gasteiger partial charge in [0.05, 0.1) is 0 Å². The number of carbonyl (C=O) groups is 1. The van der Waals surface area contributed by atoms with Crippen LogP contribution in [0.5, 0.6) is 0 Å². The quantitative estimate of drug-likeness (QED) is 0.316. The Kier molecular flexibility index (Phi) is 9.07. The molecule has 0 aliphatic heterocycles. The fourth-order valence-corrected chi connectivity index (χ4v) is 1.43. The minimum atomic E-state index is 0.908. The molecule has 0 N–H and O–H groups in total. The smallest absolute Gasteiger partial charge is 0.142 e. The topological polar surface area (TPSA) is 17.1 Å². The Bertz CT molecular complexity index is 147. The maximum atomic E-state index is 10.2. The Morgan fingerprint density at radius 3 is 2.31 bits per heavy atom. The van der Waals surface area contributed by atoms with E-state index in [0.717, 1.165) is 19.1 Å². The van der Waals surface area contributed by atoms with Gasteiger partial charge in [0.2, 0.25) is 0 Å². The largest absolute Gasteiger partial charge is 0.299 e. The van der Waals surface area contributed by atoms with Crippen LogP contribution in [0.2, 0.25) is 0 Å². The van der Waals surface area contributed by atoms with Crippen molar-refractivity contribution in [2.24, 2.45) is 0 Å². The predicted molar refractivity (Wildman–Crippen MR) is 57.8 cm³/mol. The molecule has 0 amide bonds. The highest BCUT2D eigenvalue weighted by atomic mass is 16.1. The first-order chi connectivity index (χ1) is 6.35. The SMILES string of the molecule is CCCCCCC/C(=C/C=O)CC. The normalized spacial score (nSPS) is 11.7. The van der Waals surface area contributed by atoms with E-state index in [0.29, 0.717) is 0 Å². The average Bonchev–Trinajstić information content (AvgIpc) is 2.16. The molecule has 0 aromatic carbocycles. The number of allylic oxidation sites excluding steroid dienone is 2. The summed E-state index contributed by atoms with van der Waals surface area (Å²) in [4.78, 5) is 10.2. The van der Waals surface area contributed by atoms with E-state index in [2.05, 4.69) is 13.8 Å². The average molecular weight is 182 g/mol. The number of unbranched alkanes of at least 4 members (excludes halogenated alkanes) is 4. The number of hydrogen-bond acceptors (Lipinski definition) is 1. The van der Waals surface area contributed by atoms with Crippen molar-refractivity contribution < 1.29 is 4.79 Å². The highest BCUT2D eigenvalue weighted by molar-refractivity contribution is 5.66. The summed E-state index contributed by atoms with van der Waals surface area (Å²) in [5, 5.41) is 0. The van der Waals surface area contributed by atoms with Crippen molar-refractivity contribution in [1.82, 2.24) is 0 Å². The molecule has 0 aliphatic carbocycles. The Hall–Kier alpha value is -0.590. The third-order valence-electron chi connectivity index (χ3n) is 2.36. The van der Waals surface area contributed by atoms with Crippen LogP contribution in [-0.4, -0.2) is 6.29 Å². The Labute approximate surface area is 82.2 Å². The highest BCUT2D eigenvalue weighted by Gasteiger charge is 1.94. The van der Waals surface area contributed by atoms with Crippen molar-refractivity contribution in [3.8, 4) is 0 Å². The van der Waals surface area contributed by atoms with Gasteiger partial charge in [0, 0.05) is 0 Å². The third kappa shape index (κ3) is 7.76. The molecule has 0 bridgehead atoms. The second kappa shape index (κ2) is 9.50. The lowest BCUT2D eigenvalue weighted by Crippen LogP contribution is -1.84. The van der Waals surface area contributed by atoms with Gasteiger partial charge in [-0.15, -0.1) is 0 Å². The lowest BCUT2D eigenvalue weighted by Gasteiger charge is -2.02. The monoisotopic (exact) mass is 182 g/mol. The minimum absolute atomic E-state index is 0.908. The van der Waals surface area contributed by atoms with Gasteiger partial charge in [0.25, 0.3) is 0 Å². The summed E-state index contributed by atoms with van der Waals surface area (Å²) in [6.45, 7) is 4.34. The first-order valence-electron chi connectivity index (χ1n) is 5.48. The molecule has 13 heavy (non-hydrogen) atoms. The van der Waals surface area contributed by atoms with Crippen molar-refractivity contribution in [3.05, 3.63) is 11.6 Å². The standard InChI is InChI=1S/C12H22O/c1-3-5-6-7-8-9-12(4-2)10-11-13/h10-11H,3-9H2,1-2H3/b12-10+. The van der Waals surface area contributed by atoms with Crippen LogP contribution >= 0.6 is 0 Å². The van der Waals surface area contributed by atoms with Crippen LogP contribution in [0.15, 0.2) is 11.6 Å². The maximum Gasteiger partial charge on any atom is 0.142 e. The Morgan fingerprint density at radius 1 is 1.08 bits per heavy atom. The zero-order chi connectivity index (χ0) is 9.94.